The van der Waals surface area contributed by atoms with E-state index in [9.17, 15) is 4.79 Å². The number of ketones is 1. The summed E-state index contributed by atoms with van der Waals surface area (Å²) < 4.78 is 5.22. The van der Waals surface area contributed by atoms with Gasteiger partial charge in [-0.2, -0.15) is 5.48 Å². The maximum Gasteiger partial charge on any atom is 0.184 e. The van der Waals surface area contributed by atoms with Crippen LogP contribution in [0.4, 0.5) is 0 Å². The van der Waals surface area contributed by atoms with Gasteiger partial charge in [-0.3, -0.25) is 9.63 Å². The van der Waals surface area contributed by atoms with Crippen molar-refractivity contribution in [3.63, 3.8) is 0 Å². The van der Waals surface area contributed by atoms with Gasteiger partial charge >= 0.3 is 0 Å². The second-order valence-corrected chi connectivity index (χ2v) is 3.65. The summed E-state index contributed by atoms with van der Waals surface area (Å²) in [6.07, 6.45) is 0.495. The Morgan fingerprint density at radius 3 is 3.08 bits per heavy atom. The maximum absolute atomic E-state index is 11.0. The number of carbonyl (C=O) groups excluding carboxylic acids is 1. The number of hydrogen-bond donors (Lipinski definition) is 1. The Hall–Kier alpha value is -0.450. The summed E-state index contributed by atoms with van der Waals surface area (Å²) in [4.78, 5) is 16.2. The Morgan fingerprint density at radius 1 is 1.69 bits per heavy atom. The molecule has 0 amide bonds. The molecule has 0 spiro atoms. The molecule has 76 valence electrons. The number of hydroxylamine groups is 1. The van der Waals surface area contributed by atoms with E-state index >= 15 is 0 Å². The molecule has 0 radical (unpaired) electrons. The molecular weight excluding hydrogens is 170 g/mol. The fraction of sp³-hybridized carbons (Fsp3) is 0.889. The molecule has 13 heavy (non-hydrogen) atoms. The Kier molecular flexibility index (Phi) is 4.35. The molecule has 4 heteroatoms. The lowest BCUT2D eigenvalue weighted by Gasteiger charge is -2.22. The van der Waals surface area contributed by atoms with Crippen molar-refractivity contribution in [3.8, 4) is 0 Å². The summed E-state index contributed by atoms with van der Waals surface area (Å²) in [6.45, 7) is 5.42. The van der Waals surface area contributed by atoms with Gasteiger partial charge in [0, 0.05) is 13.0 Å². The Morgan fingerprint density at radius 2 is 2.46 bits per heavy atom. The summed E-state index contributed by atoms with van der Waals surface area (Å²) in [5.74, 6) is 0.738. The topological polar surface area (TPSA) is 47.6 Å². The van der Waals surface area contributed by atoms with Crippen LogP contribution in [0.5, 0.6) is 0 Å². The first-order valence-electron chi connectivity index (χ1n) is 4.70. The molecule has 1 atom stereocenters. The van der Waals surface area contributed by atoms with Crippen LogP contribution < -0.4 is 5.48 Å². The smallest absolute Gasteiger partial charge is 0.184 e. The van der Waals surface area contributed by atoms with Crippen molar-refractivity contribution in [1.82, 2.24) is 5.48 Å². The van der Waals surface area contributed by atoms with E-state index < -0.39 is 0 Å². The van der Waals surface area contributed by atoms with Crippen LogP contribution in [0.15, 0.2) is 0 Å². The third kappa shape index (κ3) is 4.36. The molecule has 4 nitrogen and oxygen atoms in total. The third-order valence-electron chi connectivity index (χ3n) is 1.79. The number of hydrogen-bond acceptors (Lipinski definition) is 4. The second kappa shape index (κ2) is 5.32. The minimum atomic E-state index is -0.389. The number of nitrogens with one attached hydrogen (secondary N) is 1. The zero-order valence-corrected chi connectivity index (χ0v) is 8.21. The van der Waals surface area contributed by atoms with E-state index in [2.05, 4.69) is 19.3 Å². The molecular formula is C9H17NO3. The van der Waals surface area contributed by atoms with Crippen LogP contribution in [0.2, 0.25) is 0 Å². The van der Waals surface area contributed by atoms with Gasteiger partial charge in [0.05, 0.1) is 13.0 Å². The minimum absolute atomic E-state index is 0.211. The van der Waals surface area contributed by atoms with Crippen LogP contribution in [-0.2, 0) is 14.4 Å². The van der Waals surface area contributed by atoms with E-state index in [0.717, 1.165) is 6.54 Å². The lowest BCUT2D eigenvalue weighted by atomic mass is 10.2. The van der Waals surface area contributed by atoms with Crippen molar-refractivity contribution >= 4 is 5.78 Å². The van der Waals surface area contributed by atoms with E-state index in [1.807, 2.05) is 0 Å². The highest BCUT2D eigenvalue weighted by Gasteiger charge is 2.20. The molecule has 1 rings (SSSR count). The number of rotatable bonds is 4. The summed E-state index contributed by atoms with van der Waals surface area (Å²) >= 11 is 0. The highest BCUT2D eigenvalue weighted by atomic mass is 16.8. The highest BCUT2D eigenvalue weighted by Crippen LogP contribution is 2.09. The van der Waals surface area contributed by atoms with Crippen LogP contribution in [0.25, 0.3) is 0 Å². The standard InChI is InChI=1S/C9H17NO3/c1-7(2)6-10-13-9-5-8(11)3-4-12-9/h7,9-10H,3-6H2,1-2H3. The Balaban J connectivity index is 2.10. The normalized spacial score (nSPS) is 23.9. The fourth-order valence-electron chi connectivity index (χ4n) is 1.03. The first-order valence-corrected chi connectivity index (χ1v) is 4.70. The first-order chi connectivity index (χ1) is 6.18. The van der Waals surface area contributed by atoms with Gasteiger partial charge in [0.25, 0.3) is 0 Å². The monoisotopic (exact) mass is 187 g/mol. The summed E-state index contributed by atoms with van der Waals surface area (Å²) in [6, 6.07) is 0. The van der Waals surface area contributed by atoms with Crippen LogP contribution in [0, 0.1) is 5.92 Å². The minimum Gasteiger partial charge on any atom is -0.350 e. The molecule has 0 aromatic carbocycles. The summed E-state index contributed by atoms with van der Waals surface area (Å²) in [5.41, 5.74) is 2.80. The van der Waals surface area contributed by atoms with Crippen LogP contribution in [0.3, 0.4) is 0 Å². The second-order valence-electron chi connectivity index (χ2n) is 3.65. The van der Waals surface area contributed by atoms with Gasteiger partial charge in [-0.15, -0.1) is 0 Å². The van der Waals surface area contributed by atoms with E-state index in [4.69, 9.17) is 9.57 Å². The van der Waals surface area contributed by atoms with Crippen molar-refractivity contribution in [3.05, 3.63) is 0 Å². The lowest BCUT2D eigenvalue weighted by molar-refractivity contribution is -0.197. The quantitative estimate of drug-likeness (QED) is 0.663. The van der Waals surface area contributed by atoms with Gasteiger partial charge in [-0.05, 0) is 5.92 Å². The largest absolute Gasteiger partial charge is 0.350 e. The van der Waals surface area contributed by atoms with Gasteiger partial charge in [0.15, 0.2) is 6.29 Å². The molecule has 1 aliphatic rings. The maximum atomic E-state index is 11.0. The lowest BCUT2D eigenvalue weighted by Crippen LogP contribution is -2.34. The molecule has 1 N–H and O–H groups in total. The van der Waals surface area contributed by atoms with Gasteiger partial charge in [0.2, 0.25) is 0 Å². The van der Waals surface area contributed by atoms with E-state index in [1.165, 1.54) is 0 Å². The van der Waals surface area contributed by atoms with E-state index in [0.29, 0.717) is 25.4 Å². The van der Waals surface area contributed by atoms with Crippen molar-refractivity contribution in [2.45, 2.75) is 33.0 Å². The highest BCUT2D eigenvalue weighted by molar-refractivity contribution is 5.79. The summed E-state index contributed by atoms with van der Waals surface area (Å²) in [5, 5.41) is 0. The predicted molar refractivity (Wildman–Crippen MR) is 47.9 cm³/mol. The van der Waals surface area contributed by atoms with Crippen molar-refractivity contribution in [1.29, 1.82) is 0 Å². The van der Waals surface area contributed by atoms with E-state index in [1.54, 1.807) is 0 Å². The number of carbonyl (C=O) groups is 1. The Labute approximate surface area is 78.5 Å². The zero-order chi connectivity index (χ0) is 9.68. The van der Waals surface area contributed by atoms with Gasteiger partial charge in [0.1, 0.15) is 5.78 Å². The molecule has 1 heterocycles. The zero-order valence-electron chi connectivity index (χ0n) is 8.21. The average Bonchev–Trinajstić information content (AvgIpc) is 2.03. The average molecular weight is 187 g/mol. The van der Waals surface area contributed by atoms with Gasteiger partial charge in [-0.25, -0.2) is 0 Å². The molecule has 1 unspecified atom stereocenters. The molecule has 1 fully saturated rings. The third-order valence-corrected chi connectivity index (χ3v) is 1.79. The molecule has 1 aliphatic heterocycles. The van der Waals surface area contributed by atoms with Gasteiger partial charge < -0.3 is 4.74 Å². The predicted octanol–water partition coefficient (Wildman–Crippen LogP) is 0.869. The summed E-state index contributed by atoms with van der Waals surface area (Å²) in [7, 11) is 0. The van der Waals surface area contributed by atoms with Crippen LogP contribution in [-0.4, -0.2) is 25.2 Å². The first kappa shape index (κ1) is 10.6. The van der Waals surface area contributed by atoms with Crippen LogP contribution >= 0.6 is 0 Å². The molecule has 0 aromatic rings. The Bertz CT molecular complexity index is 170. The molecule has 1 saturated heterocycles. The number of Topliss-reactive ketones (excluding diaryl/α,β-unsaturated/α-hetero) is 1. The SMILES string of the molecule is CC(C)CNOC1CC(=O)CCO1. The molecule has 0 aliphatic carbocycles. The molecule has 0 saturated carbocycles. The fourth-order valence-corrected chi connectivity index (χ4v) is 1.03. The molecule has 0 bridgehead atoms. The van der Waals surface area contributed by atoms with Crippen molar-refractivity contribution in [2.75, 3.05) is 13.2 Å². The molecule has 0 aromatic heterocycles. The van der Waals surface area contributed by atoms with E-state index in [-0.39, 0.29) is 12.1 Å². The van der Waals surface area contributed by atoms with Crippen molar-refractivity contribution in [2.24, 2.45) is 5.92 Å². The van der Waals surface area contributed by atoms with Gasteiger partial charge in [-0.1, -0.05) is 13.8 Å². The van der Waals surface area contributed by atoms with Crippen LogP contribution in [0.1, 0.15) is 26.7 Å². The van der Waals surface area contributed by atoms with Crippen molar-refractivity contribution < 1.29 is 14.4 Å². The number of ether oxygens (including phenoxy) is 1.